The van der Waals surface area contributed by atoms with Crippen LogP contribution >= 0.6 is 0 Å². The summed E-state index contributed by atoms with van der Waals surface area (Å²) in [6.45, 7) is 7.12. The van der Waals surface area contributed by atoms with Crippen LogP contribution in [-0.2, 0) is 11.3 Å². The predicted octanol–water partition coefficient (Wildman–Crippen LogP) is 3.07. The molecule has 0 atom stereocenters. The molecule has 0 amide bonds. The summed E-state index contributed by atoms with van der Waals surface area (Å²) in [6, 6.07) is 6.20. The van der Waals surface area contributed by atoms with Crippen molar-refractivity contribution in [3.05, 3.63) is 60.3 Å². The number of aliphatic imine (C=N–C) groups is 1. The molecule has 0 spiro atoms. The van der Waals surface area contributed by atoms with E-state index in [0.29, 0.717) is 5.88 Å². The minimum absolute atomic E-state index is 0.260. The lowest BCUT2D eigenvalue weighted by atomic mass is 10.2. The summed E-state index contributed by atoms with van der Waals surface area (Å²) >= 11 is 0. The van der Waals surface area contributed by atoms with Crippen molar-refractivity contribution < 1.29 is 9.13 Å². The van der Waals surface area contributed by atoms with Crippen LogP contribution in [0.25, 0.3) is 0 Å². The average Bonchev–Trinajstić information content (AvgIpc) is 2.24. The van der Waals surface area contributed by atoms with Gasteiger partial charge in [0.25, 0.3) is 0 Å². The van der Waals surface area contributed by atoms with Gasteiger partial charge in [0, 0.05) is 0 Å². The van der Waals surface area contributed by atoms with E-state index in [0.717, 1.165) is 5.56 Å². The van der Waals surface area contributed by atoms with Crippen molar-refractivity contribution in [2.75, 3.05) is 0 Å². The highest BCUT2D eigenvalue weighted by molar-refractivity contribution is 5.28. The number of ether oxygens (including phenoxy) is 1. The van der Waals surface area contributed by atoms with Crippen molar-refractivity contribution in [1.29, 1.82) is 0 Å². The molecule has 1 aromatic carbocycles. The Labute approximate surface area is 88.4 Å². The van der Waals surface area contributed by atoms with Crippen LogP contribution in [0.15, 0.2) is 53.9 Å². The molecule has 1 aromatic rings. The van der Waals surface area contributed by atoms with Crippen LogP contribution in [0.5, 0.6) is 0 Å². The van der Waals surface area contributed by atoms with Crippen LogP contribution in [0.1, 0.15) is 5.56 Å². The van der Waals surface area contributed by atoms with Gasteiger partial charge in [-0.1, -0.05) is 24.8 Å². The summed E-state index contributed by atoms with van der Waals surface area (Å²) in [5, 5.41) is 0. The molecule has 0 radical (unpaired) electrons. The van der Waals surface area contributed by atoms with Gasteiger partial charge in [-0.25, -0.2) is 9.38 Å². The van der Waals surface area contributed by atoms with Crippen LogP contribution < -0.4 is 0 Å². The van der Waals surface area contributed by atoms with Crippen LogP contribution in [0, 0.1) is 5.82 Å². The third-order valence-corrected chi connectivity index (χ3v) is 1.69. The molecule has 0 unspecified atom stereocenters. The molecule has 0 aliphatic heterocycles. The maximum Gasteiger partial charge on any atom is 0.212 e. The summed E-state index contributed by atoms with van der Waals surface area (Å²) < 4.78 is 18.1. The molecule has 0 aliphatic rings. The molecule has 15 heavy (non-hydrogen) atoms. The molecule has 0 saturated carbocycles. The Bertz CT molecular complexity index is 385. The quantitative estimate of drug-likeness (QED) is 0.411. The van der Waals surface area contributed by atoms with Crippen LogP contribution in [0.3, 0.4) is 0 Å². The van der Waals surface area contributed by atoms with Gasteiger partial charge in [0.05, 0.1) is 0 Å². The maximum absolute atomic E-state index is 12.8. The molecule has 0 N–H and O–H groups in total. The highest BCUT2D eigenvalue weighted by Crippen LogP contribution is 2.08. The van der Waals surface area contributed by atoms with Crippen molar-refractivity contribution >= 4 is 6.72 Å². The standard InChI is InChI=1S/C12H12FNO/c1-3-5-12(14-2)15-9-10-6-4-7-11(13)8-10/h3-8H,1-2,9H2. The summed E-state index contributed by atoms with van der Waals surface area (Å²) in [5.41, 5.74) is 0.744. The Balaban J connectivity index is 2.60. The van der Waals surface area contributed by atoms with E-state index in [1.165, 1.54) is 12.1 Å². The van der Waals surface area contributed by atoms with Gasteiger partial charge in [0.15, 0.2) is 0 Å². The molecule has 0 bridgehead atoms. The number of nitrogens with zero attached hydrogens (tertiary/aromatic N) is 1. The summed E-state index contributed by atoms with van der Waals surface area (Å²) in [6.07, 6.45) is 3.14. The van der Waals surface area contributed by atoms with Crippen molar-refractivity contribution in [2.24, 2.45) is 4.99 Å². The molecule has 0 aromatic heterocycles. The number of benzene rings is 1. The van der Waals surface area contributed by atoms with Gasteiger partial charge >= 0.3 is 0 Å². The molecular formula is C12H12FNO. The van der Waals surface area contributed by atoms with Crippen LogP contribution in [0.2, 0.25) is 0 Å². The van der Waals surface area contributed by atoms with Crippen molar-refractivity contribution in [2.45, 2.75) is 6.61 Å². The van der Waals surface area contributed by atoms with E-state index in [4.69, 9.17) is 4.74 Å². The summed E-state index contributed by atoms with van der Waals surface area (Å²) in [5.74, 6) is 0.0890. The van der Waals surface area contributed by atoms with Crippen molar-refractivity contribution in [1.82, 2.24) is 0 Å². The average molecular weight is 205 g/mol. The van der Waals surface area contributed by atoms with Gasteiger partial charge in [-0.3, -0.25) is 0 Å². The lowest BCUT2D eigenvalue weighted by molar-refractivity contribution is 0.197. The topological polar surface area (TPSA) is 21.6 Å². The van der Waals surface area contributed by atoms with Crippen LogP contribution in [-0.4, -0.2) is 6.72 Å². The van der Waals surface area contributed by atoms with E-state index in [1.54, 1.807) is 24.3 Å². The smallest absolute Gasteiger partial charge is 0.212 e. The van der Waals surface area contributed by atoms with Crippen molar-refractivity contribution in [3.8, 4) is 0 Å². The molecule has 0 heterocycles. The van der Waals surface area contributed by atoms with E-state index in [1.807, 2.05) is 0 Å². The first-order valence-corrected chi connectivity index (χ1v) is 4.43. The number of hydrogen-bond donors (Lipinski definition) is 0. The van der Waals surface area contributed by atoms with E-state index in [-0.39, 0.29) is 12.4 Å². The SMILES string of the molecule is C=CC=C(N=C)OCc1cccc(F)c1. The minimum atomic E-state index is -0.281. The maximum atomic E-state index is 12.8. The van der Waals surface area contributed by atoms with E-state index < -0.39 is 0 Å². The zero-order valence-electron chi connectivity index (χ0n) is 8.32. The highest BCUT2D eigenvalue weighted by atomic mass is 19.1. The Morgan fingerprint density at radius 1 is 1.53 bits per heavy atom. The lowest BCUT2D eigenvalue weighted by Crippen LogP contribution is -1.92. The zero-order chi connectivity index (χ0) is 11.1. The monoisotopic (exact) mass is 205 g/mol. The molecule has 0 fully saturated rings. The summed E-state index contributed by atoms with van der Waals surface area (Å²) in [7, 11) is 0. The van der Waals surface area contributed by atoms with Gasteiger partial charge in [-0.2, -0.15) is 0 Å². The largest absolute Gasteiger partial charge is 0.473 e. The first-order valence-electron chi connectivity index (χ1n) is 4.43. The Morgan fingerprint density at radius 2 is 2.33 bits per heavy atom. The van der Waals surface area contributed by atoms with Crippen LogP contribution in [0.4, 0.5) is 4.39 Å². The van der Waals surface area contributed by atoms with Gasteiger partial charge in [0.2, 0.25) is 5.88 Å². The number of allylic oxidation sites excluding steroid dienone is 2. The minimum Gasteiger partial charge on any atom is -0.473 e. The Morgan fingerprint density at radius 3 is 2.93 bits per heavy atom. The second-order valence-corrected chi connectivity index (χ2v) is 2.82. The zero-order valence-corrected chi connectivity index (χ0v) is 8.32. The van der Waals surface area contributed by atoms with Gasteiger partial charge in [-0.15, -0.1) is 0 Å². The second kappa shape index (κ2) is 5.75. The first kappa shape index (κ1) is 11.2. The fraction of sp³-hybridized carbons (Fsp3) is 0.0833. The molecule has 3 heteroatoms. The first-order chi connectivity index (χ1) is 7.26. The molecule has 0 saturated heterocycles. The summed E-state index contributed by atoms with van der Waals surface area (Å²) in [4.78, 5) is 3.64. The Hall–Kier alpha value is -1.90. The predicted molar refractivity (Wildman–Crippen MR) is 59.0 cm³/mol. The number of rotatable bonds is 5. The van der Waals surface area contributed by atoms with E-state index in [2.05, 4.69) is 18.3 Å². The molecular weight excluding hydrogens is 193 g/mol. The van der Waals surface area contributed by atoms with Crippen molar-refractivity contribution in [3.63, 3.8) is 0 Å². The van der Waals surface area contributed by atoms with E-state index >= 15 is 0 Å². The molecule has 0 aliphatic carbocycles. The third kappa shape index (κ3) is 3.77. The molecule has 2 nitrogen and oxygen atoms in total. The lowest BCUT2D eigenvalue weighted by Gasteiger charge is -2.05. The van der Waals surface area contributed by atoms with Gasteiger partial charge in [-0.05, 0) is 30.5 Å². The highest BCUT2D eigenvalue weighted by Gasteiger charge is 1.97. The van der Waals surface area contributed by atoms with Gasteiger partial charge < -0.3 is 4.74 Å². The normalized spacial score (nSPS) is 10.9. The van der Waals surface area contributed by atoms with E-state index in [9.17, 15) is 4.39 Å². The fourth-order valence-corrected chi connectivity index (χ4v) is 1.03. The molecule has 1 rings (SSSR count). The second-order valence-electron chi connectivity index (χ2n) is 2.82. The molecule has 78 valence electrons. The Kier molecular flexibility index (Phi) is 4.29. The number of halogens is 1. The van der Waals surface area contributed by atoms with Gasteiger partial charge in [0.1, 0.15) is 12.4 Å². The fourth-order valence-electron chi connectivity index (χ4n) is 1.03. The number of hydrogen-bond acceptors (Lipinski definition) is 2. The third-order valence-electron chi connectivity index (χ3n) is 1.69.